The predicted octanol–water partition coefficient (Wildman–Crippen LogP) is 4.08. The fraction of sp³-hybridized carbons (Fsp3) is 0.125. The zero-order valence-electron chi connectivity index (χ0n) is 11.6. The summed E-state index contributed by atoms with van der Waals surface area (Å²) in [5.41, 5.74) is 3.86. The first-order chi connectivity index (χ1) is 9.99. The molecule has 0 unspecified atom stereocenters. The minimum absolute atomic E-state index is 0.0516. The zero-order chi connectivity index (χ0) is 15.1. The number of benzene rings is 1. The number of aromatic carboxylic acids is 1. The Morgan fingerprint density at radius 2 is 2.00 bits per heavy atom. The van der Waals surface area contributed by atoms with E-state index in [2.05, 4.69) is 20.9 Å². The van der Waals surface area contributed by atoms with Crippen molar-refractivity contribution in [1.29, 1.82) is 0 Å². The molecule has 0 spiro atoms. The number of hydrogen-bond donors (Lipinski definition) is 1. The van der Waals surface area contributed by atoms with Gasteiger partial charge in [0.1, 0.15) is 5.82 Å². The Labute approximate surface area is 130 Å². The van der Waals surface area contributed by atoms with Crippen LogP contribution >= 0.6 is 15.9 Å². The Morgan fingerprint density at radius 3 is 2.67 bits per heavy atom. The Bertz CT molecular complexity index is 868. The van der Waals surface area contributed by atoms with Crippen LogP contribution in [0.4, 0.5) is 0 Å². The molecule has 0 atom stereocenters. The van der Waals surface area contributed by atoms with Gasteiger partial charge in [0.25, 0.3) is 0 Å². The van der Waals surface area contributed by atoms with E-state index >= 15 is 0 Å². The number of halogens is 1. The summed E-state index contributed by atoms with van der Waals surface area (Å²) >= 11 is 3.40. The minimum atomic E-state index is -1.03. The van der Waals surface area contributed by atoms with Crippen molar-refractivity contribution >= 4 is 27.4 Å². The van der Waals surface area contributed by atoms with Crippen LogP contribution in [0.1, 0.15) is 21.6 Å². The standard InChI is InChI=1S/C16H13BrN2O2/c1-9-5-6-11(8-10(9)2)15-18-13(16(20)21)14-12(17)4-3-7-19(14)15/h3-8H,1-2H3,(H,20,21). The van der Waals surface area contributed by atoms with Gasteiger partial charge in [0.15, 0.2) is 5.69 Å². The maximum absolute atomic E-state index is 11.4. The van der Waals surface area contributed by atoms with Gasteiger partial charge in [-0.05, 0) is 59.1 Å². The van der Waals surface area contributed by atoms with Gasteiger partial charge in [0.05, 0.1) is 5.52 Å². The topological polar surface area (TPSA) is 54.6 Å². The lowest BCUT2D eigenvalue weighted by molar-refractivity contribution is 0.0693. The average Bonchev–Trinajstić information content (AvgIpc) is 2.83. The van der Waals surface area contributed by atoms with Crippen LogP contribution in [0.25, 0.3) is 16.9 Å². The zero-order valence-corrected chi connectivity index (χ0v) is 13.2. The van der Waals surface area contributed by atoms with E-state index < -0.39 is 5.97 Å². The van der Waals surface area contributed by atoms with E-state index in [0.29, 0.717) is 15.8 Å². The van der Waals surface area contributed by atoms with E-state index in [1.54, 1.807) is 4.40 Å². The highest BCUT2D eigenvalue weighted by atomic mass is 79.9. The van der Waals surface area contributed by atoms with Gasteiger partial charge in [0.2, 0.25) is 0 Å². The second kappa shape index (κ2) is 5.00. The maximum atomic E-state index is 11.4. The molecule has 1 aromatic carbocycles. The molecule has 1 N–H and O–H groups in total. The highest BCUT2D eigenvalue weighted by molar-refractivity contribution is 9.10. The molecule has 0 bridgehead atoms. The van der Waals surface area contributed by atoms with Crippen molar-refractivity contribution in [2.24, 2.45) is 0 Å². The van der Waals surface area contributed by atoms with Gasteiger partial charge >= 0.3 is 5.97 Å². The molecular weight excluding hydrogens is 332 g/mol. The average molecular weight is 345 g/mol. The number of fused-ring (bicyclic) bond motifs is 1. The smallest absolute Gasteiger partial charge is 0.356 e. The number of pyridine rings is 1. The third-order valence-corrected chi connectivity index (χ3v) is 4.22. The minimum Gasteiger partial charge on any atom is -0.476 e. The molecule has 2 aromatic heterocycles. The molecule has 3 aromatic rings. The van der Waals surface area contributed by atoms with Crippen LogP contribution in [-0.2, 0) is 0 Å². The Balaban J connectivity index is 2.35. The van der Waals surface area contributed by atoms with Crippen LogP contribution in [-0.4, -0.2) is 20.5 Å². The van der Waals surface area contributed by atoms with Crippen LogP contribution in [0.15, 0.2) is 41.0 Å². The van der Waals surface area contributed by atoms with E-state index in [-0.39, 0.29) is 5.69 Å². The molecule has 4 nitrogen and oxygen atoms in total. The molecule has 0 radical (unpaired) electrons. The lowest BCUT2D eigenvalue weighted by Gasteiger charge is -2.05. The molecular formula is C16H13BrN2O2. The molecule has 0 aliphatic rings. The van der Waals surface area contributed by atoms with Gasteiger partial charge in [-0.2, -0.15) is 0 Å². The molecule has 106 valence electrons. The molecule has 0 saturated heterocycles. The molecule has 0 aliphatic carbocycles. The summed E-state index contributed by atoms with van der Waals surface area (Å²) in [7, 11) is 0. The van der Waals surface area contributed by atoms with Gasteiger partial charge < -0.3 is 5.11 Å². The molecule has 0 amide bonds. The number of carboxylic acid groups (broad SMARTS) is 1. The lowest BCUT2D eigenvalue weighted by atomic mass is 10.1. The van der Waals surface area contributed by atoms with Crippen LogP contribution < -0.4 is 0 Å². The first-order valence-electron chi connectivity index (χ1n) is 6.46. The van der Waals surface area contributed by atoms with E-state index in [4.69, 9.17) is 0 Å². The van der Waals surface area contributed by atoms with Crippen LogP contribution in [0.3, 0.4) is 0 Å². The number of aryl methyl sites for hydroxylation is 2. The van der Waals surface area contributed by atoms with Gasteiger partial charge in [-0.1, -0.05) is 12.1 Å². The number of rotatable bonds is 2. The SMILES string of the molecule is Cc1ccc(-c2nc(C(=O)O)c3c(Br)cccn23)cc1C. The van der Waals surface area contributed by atoms with Crippen molar-refractivity contribution in [3.63, 3.8) is 0 Å². The third-order valence-electron chi connectivity index (χ3n) is 3.58. The maximum Gasteiger partial charge on any atom is 0.356 e. The molecule has 5 heteroatoms. The van der Waals surface area contributed by atoms with E-state index in [9.17, 15) is 9.90 Å². The van der Waals surface area contributed by atoms with Crippen LogP contribution in [0.2, 0.25) is 0 Å². The first-order valence-corrected chi connectivity index (χ1v) is 7.26. The number of nitrogens with zero attached hydrogens (tertiary/aromatic N) is 2. The van der Waals surface area contributed by atoms with Gasteiger partial charge in [-0.15, -0.1) is 0 Å². The molecule has 0 fully saturated rings. The molecule has 21 heavy (non-hydrogen) atoms. The van der Waals surface area contributed by atoms with Crippen molar-refractivity contribution in [2.75, 3.05) is 0 Å². The summed E-state index contributed by atoms with van der Waals surface area (Å²) in [6, 6.07) is 9.67. The van der Waals surface area contributed by atoms with Gasteiger partial charge in [0, 0.05) is 16.2 Å². The number of aromatic nitrogens is 2. The van der Waals surface area contributed by atoms with Crippen molar-refractivity contribution in [1.82, 2.24) is 9.38 Å². The highest BCUT2D eigenvalue weighted by Gasteiger charge is 2.19. The van der Waals surface area contributed by atoms with Crippen molar-refractivity contribution < 1.29 is 9.90 Å². The molecule has 3 rings (SSSR count). The van der Waals surface area contributed by atoms with Crippen molar-refractivity contribution in [3.05, 3.63) is 57.8 Å². The summed E-state index contributed by atoms with van der Waals surface area (Å²) in [6.45, 7) is 4.07. The quantitative estimate of drug-likeness (QED) is 0.761. The Morgan fingerprint density at radius 1 is 1.24 bits per heavy atom. The summed E-state index contributed by atoms with van der Waals surface area (Å²) in [4.78, 5) is 15.8. The number of carbonyl (C=O) groups is 1. The molecule has 2 heterocycles. The monoisotopic (exact) mass is 344 g/mol. The molecule has 0 saturated carbocycles. The number of imidazole rings is 1. The van der Waals surface area contributed by atoms with Gasteiger partial charge in [-0.25, -0.2) is 9.78 Å². The van der Waals surface area contributed by atoms with Crippen LogP contribution in [0, 0.1) is 13.8 Å². The Hall–Kier alpha value is -2.14. The number of hydrogen-bond acceptors (Lipinski definition) is 2. The lowest BCUT2D eigenvalue weighted by Crippen LogP contribution is -1.97. The highest BCUT2D eigenvalue weighted by Crippen LogP contribution is 2.28. The first kappa shape index (κ1) is 13.8. The Kier molecular flexibility index (Phi) is 3.29. The summed E-state index contributed by atoms with van der Waals surface area (Å²) in [6.07, 6.45) is 1.82. The molecule has 0 aliphatic heterocycles. The van der Waals surface area contributed by atoms with Crippen molar-refractivity contribution in [2.45, 2.75) is 13.8 Å². The van der Waals surface area contributed by atoms with Crippen molar-refractivity contribution in [3.8, 4) is 11.4 Å². The number of carboxylic acids is 1. The summed E-state index contributed by atoms with van der Waals surface area (Å²) in [5.74, 6) is -0.402. The van der Waals surface area contributed by atoms with Crippen LogP contribution in [0.5, 0.6) is 0 Å². The largest absolute Gasteiger partial charge is 0.476 e. The predicted molar refractivity (Wildman–Crippen MR) is 84.8 cm³/mol. The summed E-state index contributed by atoms with van der Waals surface area (Å²) < 4.78 is 2.52. The third kappa shape index (κ3) is 2.23. The van der Waals surface area contributed by atoms with E-state index in [0.717, 1.165) is 11.1 Å². The van der Waals surface area contributed by atoms with E-state index in [1.807, 2.05) is 50.4 Å². The second-order valence-electron chi connectivity index (χ2n) is 4.96. The summed E-state index contributed by atoms with van der Waals surface area (Å²) in [5, 5.41) is 9.37. The normalized spacial score (nSPS) is 11.0. The fourth-order valence-electron chi connectivity index (χ4n) is 2.33. The van der Waals surface area contributed by atoms with Gasteiger partial charge in [-0.3, -0.25) is 4.40 Å². The second-order valence-corrected chi connectivity index (χ2v) is 5.82. The fourth-order valence-corrected chi connectivity index (χ4v) is 2.86. The van der Waals surface area contributed by atoms with E-state index in [1.165, 1.54) is 5.56 Å².